The maximum atomic E-state index is 8.63. The average molecular weight is 260 g/mol. The first kappa shape index (κ1) is 13.7. The highest BCUT2D eigenvalue weighted by atomic mass is 15.3. The van der Waals surface area contributed by atoms with Crippen LogP contribution < -0.4 is 5.32 Å². The summed E-state index contributed by atoms with van der Waals surface area (Å²) >= 11 is 0. The molecular formula is C13H20N6. The van der Waals surface area contributed by atoms with Gasteiger partial charge >= 0.3 is 0 Å². The number of likely N-dealkylation sites (N-methyl/N-ethyl adjacent to an activating group) is 1. The van der Waals surface area contributed by atoms with Crippen LogP contribution in [0.3, 0.4) is 0 Å². The number of hydrogen-bond donors (Lipinski definition) is 1. The highest BCUT2D eigenvalue weighted by Crippen LogP contribution is 2.03. The molecule has 0 aromatic carbocycles. The predicted molar refractivity (Wildman–Crippen MR) is 73.8 cm³/mol. The van der Waals surface area contributed by atoms with Crippen molar-refractivity contribution in [3.05, 3.63) is 17.8 Å². The van der Waals surface area contributed by atoms with E-state index in [2.05, 4.69) is 32.2 Å². The Morgan fingerprint density at radius 2 is 1.95 bits per heavy atom. The second-order valence-corrected chi connectivity index (χ2v) is 4.62. The van der Waals surface area contributed by atoms with Crippen LogP contribution in [0.2, 0.25) is 0 Å². The molecule has 6 nitrogen and oxygen atoms in total. The third-order valence-electron chi connectivity index (χ3n) is 3.43. The summed E-state index contributed by atoms with van der Waals surface area (Å²) in [6.07, 6.45) is 0. The van der Waals surface area contributed by atoms with E-state index in [0.29, 0.717) is 5.69 Å². The Morgan fingerprint density at radius 3 is 2.53 bits per heavy atom. The Bertz CT molecular complexity index is 416. The van der Waals surface area contributed by atoms with E-state index in [1.54, 1.807) is 12.1 Å². The Labute approximate surface area is 114 Å². The van der Waals surface area contributed by atoms with Crippen LogP contribution in [0.25, 0.3) is 0 Å². The lowest BCUT2D eigenvalue weighted by atomic mass is 10.3. The zero-order valence-corrected chi connectivity index (χ0v) is 11.3. The number of nitrogens with one attached hydrogen (secondary N) is 1. The average Bonchev–Trinajstić information content (AvgIpc) is 2.49. The molecule has 0 spiro atoms. The van der Waals surface area contributed by atoms with Gasteiger partial charge in [-0.1, -0.05) is 6.92 Å². The van der Waals surface area contributed by atoms with Gasteiger partial charge in [0.25, 0.3) is 0 Å². The van der Waals surface area contributed by atoms with Crippen LogP contribution >= 0.6 is 0 Å². The minimum absolute atomic E-state index is 0.348. The number of rotatable bonds is 5. The molecule has 0 radical (unpaired) electrons. The molecule has 0 amide bonds. The first-order valence-electron chi connectivity index (χ1n) is 6.74. The molecule has 1 aromatic heterocycles. The maximum absolute atomic E-state index is 8.63. The van der Waals surface area contributed by atoms with Crippen LogP contribution in [-0.2, 0) is 0 Å². The quantitative estimate of drug-likeness (QED) is 0.826. The Kier molecular flexibility index (Phi) is 5.07. The standard InChI is InChI=1S/C13H20N6/c1-2-18-7-9-19(10-8-18)6-5-15-13-4-3-12(11-14)16-17-13/h3-4H,2,5-10H2,1H3,(H,15,17). The van der Waals surface area contributed by atoms with E-state index in [1.165, 1.54) is 0 Å². The van der Waals surface area contributed by atoms with Gasteiger partial charge in [0.1, 0.15) is 11.9 Å². The fraction of sp³-hybridized carbons (Fsp3) is 0.615. The van der Waals surface area contributed by atoms with E-state index < -0.39 is 0 Å². The number of aromatic nitrogens is 2. The molecule has 0 aliphatic carbocycles. The minimum Gasteiger partial charge on any atom is -0.367 e. The molecular weight excluding hydrogens is 240 g/mol. The number of nitriles is 1. The molecule has 1 aliphatic heterocycles. The normalized spacial score (nSPS) is 17.1. The summed E-state index contributed by atoms with van der Waals surface area (Å²) in [4.78, 5) is 4.92. The van der Waals surface area contributed by atoms with Crippen LogP contribution in [0, 0.1) is 11.3 Å². The van der Waals surface area contributed by atoms with E-state index in [0.717, 1.165) is 51.6 Å². The first-order valence-corrected chi connectivity index (χ1v) is 6.74. The molecule has 1 N–H and O–H groups in total. The van der Waals surface area contributed by atoms with Crippen molar-refractivity contribution in [2.24, 2.45) is 0 Å². The van der Waals surface area contributed by atoms with Gasteiger partial charge in [-0.25, -0.2) is 0 Å². The molecule has 1 saturated heterocycles. The van der Waals surface area contributed by atoms with Gasteiger partial charge in [-0.05, 0) is 18.7 Å². The maximum Gasteiger partial charge on any atom is 0.163 e. The largest absolute Gasteiger partial charge is 0.367 e. The minimum atomic E-state index is 0.348. The lowest BCUT2D eigenvalue weighted by Gasteiger charge is -2.33. The molecule has 0 unspecified atom stereocenters. The highest BCUT2D eigenvalue weighted by Gasteiger charge is 2.14. The second-order valence-electron chi connectivity index (χ2n) is 4.62. The third kappa shape index (κ3) is 4.16. The summed E-state index contributed by atoms with van der Waals surface area (Å²) in [5, 5.41) is 19.6. The third-order valence-corrected chi connectivity index (χ3v) is 3.43. The Hall–Kier alpha value is -1.71. The smallest absolute Gasteiger partial charge is 0.163 e. The Morgan fingerprint density at radius 1 is 1.21 bits per heavy atom. The first-order chi connectivity index (χ1) is 9.31. The summed E-state index contributed by atoms with van der Waals surface area (Å²) in [6, 6.07) is 5.43. The van der Waals surface area contributed by atoms with Crippen molar-refractivity contribution < 1.29 is 0 Å². The SMILES string of the molecule is CCN1CCN(CCNc2ccc(C#N)nn2)CC1. The molecule has 1 aliphatic rings. The lowest BCUT2D eigenvalue weighted by Crippen LogP contribution is -2.47. The topological polar surface area (TPSA) is 68.1 Å². The predicted octanol–water partition coefficient (Wildman–Crippen LogP) is 0.398. The molecule has 2 rings (SSSR count). The zero-order valence-electron chi connectivity index (χ0n) is 11.3. The highest BCUT2D eigenvalue weighted by molar-refractivity contribution is 5.35. The lowest BCUT2D eigenvalue weighted by molar-refractivity contribution is 0.141. The van der Waals surface area contributed by atoms with Crippen molar-refractivity contribution in [1.82, 2.24) is 20.0 Å². The van der Waals surface area contributed by atoms with Gasteiger partial charge in [-0.15, -0.1) is 10.2 Å². The molecule has 0 bridgehead atoms. The molecule has 1 fully saturated rings. The van der Waals surface area contributed by atoms with Gasteiger partial charge in [0, 0.05) is 39.3 Å². The van der Waals surface area contributed by atoms with Gasteiger partial charge in [-0.3, -0.25) is 4.90 Å². The molecule has 0 saturated carbocycles. The van der Waals surface area contributed by atoms with E-state index in [9.17, 15) is 0 Å². The summed E-state index contributed by atoms with van der Waals surface area (Å²) in [7, 11) is 0. The van der Waals surface area contributed by atoms with Gasteiger partial charge in [0.15, 0.2) is 5.69 Å². The van der Waals surface area contributed by atoms with Crippen molar-refractivity contribution >= 4 is 5.82 Å². The van der Waals surface area contributed by atoms with Gasteiger partial charge in [0.05, 0.1) is 0 Å². The van der Waals surface area contributed by atoms with Crippen LogP contribution in [0.5, 0.6) is 0 Å². The molecule has 2 heterocycles. The van der Waals surface area contributed by atoms with Crippen molar-refractivity contribution in [1.29, 1.82) is 5.26 Å². The fourth-order valence-corrected chi connectivity index (χ4v) is 2.16. The second kappa shape index (κ2) is 7.02. The zero-order chi connectivity index (χ0) is 13.5. The summed E-state index contributed by atoms with van der Waals surface area (Å²) < 4.78 is 0. The van der Waals surface area contributed by atoms with Crippen LogP contribution in [0.1, 0.15) is 12.6 Å². The fourth-order valence-electron chi connectivity index (χ4n) is 2.16. The van der Waals surface area contributed by atoms with E-state index in [4.69, 9.17) is 5.26 Å². The summed E-state index contributed by atoms with van der Waals surface area (Å²) in [5.41, 5.74) is 0.348. The monoisotopic (exact) mass is 260 g/mol. The number of hydrogen-bond acceptors (Lipinski definition) is 6. The number of piperazine rings is 1. The van der Waals surface area contributed by atoms with E-state index in [1.807, 2.05) is 6.07 Å². The van der Waals surface area contributed by atoms with E-state index in [-0.39, 0.29) is 0 Å². The van der Waals surface area contributed by atoms with E-state index >= 15 is 0 Å². The number of nitrogens with zero attached hydrogens (tertiary/aromatic N) is 5. The molecule has 19 heavy (non-hydrogen) atoms. The van der Waals surface area contributed by atoms with Gasteiger partial charge < -0.3 is 10.2 Å². The summed E-state index contributed by atoms with van der Waals surface area (Å²) in [5.74, 6) is 0.728. The van der Waals surface area contributed by atoms with Crippen LogP contribution in [0.4, 0.5) is 5.82 Å². The van der Waals surface area contributed by atoms with Crippen molar-refractivity contribution in [3.63, 3.8) is 0 Å². The number of anilines is 1. The molecule has 1 aromatic rings. The summed E-state index contributed by atoms with van der Waals surface area (Å²) in [6.45, 7) is 9.81. The van der Waals surface area contributed by atoms with Crippen molar-refractivity contribution in [2.45, 2.75) is 6.92 Å². The van der Waals surface area contributed by atoms with Crippen LogP contribution in [-0.4, -0.2) is 65.8 Å². The van der Waals surface area contributed by atoms with Crippen molar-refractivity contribution in [2.75, 3.05) is 51.1 Å². The van der Waals surface area contributed by atoms with Gasteiger partial charge in [-0.2, -0.15) is 5.26 Å². The molecule has 102 valence electrons. The van der Waals surface area contributed by atoms with Gasteiger partial charge in [0.2, 0.25) is 0 Å². The van der Waals surface area contributed by atoms with Crippen molar-refractivity contribution in [3.8, 4) is 6.07 Å². The van der Waals surface area contributed by atoms with Crippen LogP contribution in [0.15, 0.2) is 12.1 Å². The molecule has 0 atom stereocenters. The Balaban J connectivity index is 1.68. The molecule has 6 heteroatoms.